The second-order valence-electron chi connectivity index (χ2n) is 8.31. The minimum absolute atomic E-state index is 0.141. The molecule has 3 aromatic rings. The van der Waals surface area contributed by atoms with Gasteiger partial charge in [-0.1, -0.05) is 40.9 Å². The molecule has 3 aromatic carbocycles. The number of nitrogens with one attached hydrogen (secondary N) is 1. The van der Waals surface area contributed by atoms with Crippen molar-refractivity contribution in [3.05, 3.63) is 93.0 Å². The normalized spacial score (nSPS) is 20.2. The fourth-order valence-electron chi connectivity index (χ4n) is 4.36. The third-order valence-corrected chi connectivity index (χ3v) is 7.64. The van der Waals surface area contributed by atoms with Crippen LogP contribution in [0, 0.1) is 30.2 Å². The molecule has 0 radical (unpaired) electrons. The highest BCUT2D eigenvalue weighted by molar-refractivity contribution is 6.55. The van der Waals surface area contributed by atoms with E-state index in [2.05, 4.69) is 5.32 Å². The van der Waals surface area contributed by atoms with E-state index in [1.54, 1.807) is 0 Å². The summed E-state index contributed by atoms with van der Waals surface area (Å²) in [6.45, 7) is 1.28. The Morgan fingerprint density at radius 1 is 0.972 bits per heavy atom. The molecule has 1 aliphatic carbocycles. The van der Waals surface area contributed by atoms with Crippen molar-refractivity contribution < 1.29 is 27.2 Å². The molecule has 1 saturated carbocycles. The van der Waals surface area contributed by atoms with Gasteiger partial charge in [-0.2, -0.15) is 0 Å². The summed E-state index contributed by atoms with van der Waals surface area (Å²) in [6, 6.07) is 7.45. The Labute approximate surface area is 217 Å². The number of nitrogens with two attached hydrogens (primary N) is 2. The lowest BCUT2D eigenvalue weighted by atomic mass is 9.87. The van der Waals surface area contributed by atoms with Gasteiger partial charge in [-0.3, -0.25) is 9.59 Å². The van der Waals surface area contributed by atoms with Crippen LogP contribution in [0.4, 0.5) is 28.9 Å². The van der Waals surface area contributed by atoms with E-state index >= 15 is 4.39 Å². The highest BCUT2D eigenvalue weighted by Crippen LogP contribution is 2.74. The first kappa shape index (κ1) is 26.1. The first-order chi connectivity index (χ1) is 16.7. The van der Waals surface area contributed by atoms with Crippen molar-refractivity contribution in [2.45, 2.75) is 22.6 Å². The number of primary amides is 1. The summed E-state index contributed by atoms with van der Waals surface area (Å²) in [5, 5.41) is 1.93. The number of rotatable bonds is 5. The molecule has 5 nitrogen and oxygen atoms in total. The molecule has 12 heteroatoms. The van der Waals surface area contributed by atoms with Crippen molar-refractivity contribution >= 4 is 58.0 Å². The minimum atomic E-state index is -1.92. The molecule has 0 aliphatic heterocycles. The van der Waals surface area contributed by atoms with Crippen molar-refractivity contribution in [3.8, 4) is 0 Å². The molecule has 0 aromatic heterocycles. The van der Waals surface area contributed by atoms with Gasteiger partial charge in [0, 0.05) is 11.5 Å². The Hall–Kier alpha value is -3.01. The van der Waals surface area contributed by atoms with Gasteiger partial charge in [0.25, 0.3) is 5.91 Å². The number of hydrogen-bond donors (Lipinski definition) is 3. The number of benzene rings is 3. The summed E-state index contributed by atoms with van der Waals surface area (Å²) in [6.07, 6.45) is 0. The first-order valence-corrected chi connectivity index (χ1v) is 11.4. The fourth-order valence-corrected chi connectivity index (χ4v) is 5.64. The lowest BCUT2D eigenvalue weighted by Gasteiger charge is -2.18. The third kappa shape index (κ3) is 3.77. The second kappa shape index (κ2) is 8.83. The van der Waals surface area contributed by atoms with Crippen molar-refractivity contribution in [2.75, 3.05) is 11.1 Å². The Morgan fingerprint density at radius 3 is 2.22 bits per heavy atom. The minimum Gasteiger partial charge on any atom is -0.394 e. The van der Waals surface area contributed by atoms with Crippen LogP contribution < -0.4 is 16.8 Å². The molecular formula is C24H16Cl3F4N3O2. The number of amides is 2. The highest BCUT2D eigenvalue weighted by atomic mass is 35.5. The summed E-state index contributed by atoms with van der Waals surface area (Å²) < 4.78 is 54.6. The summed E-state index contributed by atoms with van der Waals surface area (Å²) in [4.78, 5) is 25.7. The number of nitrogen functional groups attached to an aromatic ring is 1. The Kier molecular flexibility index (Phi) is 6.39. The zero-order valence-electron chi connectivity index (χ0n) is 18.2. The van der Waals surface area contributed by atoms with Gasteiger partial charge >= 0.3 is 0 Å². The Bertz CT molecular complexity index is 1450. The van der Waals surface area contributed by atoms with E-state index in [1.165, 1.54) is 19.1 Å². The fraction of sp³-hybridized carbons (Fsp3) is 0.167. The summed E-state index contributed by atoms with van der Waals surface area (Å²) in [5.41, 5.74) is 7.47. The lowest BCUT2D eigenvalue weighted by molar-refractivity contribution is -0.120. The molecule has 1 fully saturated rings. The molecule has 2 amide bonds. The van der Waals surface area contributed by atoms with Gasteiger partial charge in [0.15, 0.2) is 5.82 Å². The van der Waals surface area contributed by atoms with Crippen LogP contribution in [0.5, 0.6) is 0 Å². The van der Waals surface area contributed by atoms with Crippen molar-refractivity contribution in [1.29, 1.82) is 0 Å². The smallest absolute Gasteiger partial charge is 0.256 e. The Morgan fingerprint density at radius 2 is 1.61 bits per heavy atom. The molecule has 0 saturated heterocycles. The van der Waals surface area contributed by atoms with E-state index in [-0.39, 0.29) is 27.3 Å². The molecule has 2 unspecified atom stereocenters. The highest BCUT2D eigenvalue weighted by Gasteiger charge is 2.81. The van der Waals surface area contributed by atoms with Gasteiger partial charge in [-0.15, -0.1) is 0 Å². The van der Waals surface area contributed by atoms with Crippen LogP contribution in [0.1, 0.15) is 33.0 Å². The second-order valence-corrected chi connectivity index (χ2v) is 10.1. The zero-order valence-corrected chi connectivity index (χ0v) is 20.5. The largest absolute Gasteiger partial charge is 0.394 e. The van der Waals surface area contributed by atoms with Crippen molar-refractivity contribution in [2.24, 2.45) is 5.73 Å². The summed E-state index contributed by atoms with van der Waals surface area (Å²) >= 11 is 18.9. The third-order valence-electron chi connectivity index (χ3n) is 6.32. The van der Waals surface area contributed by atoms with Crippen molar-refractivity contribution in [3.63, 3.8) is 0 Å². The molecule has 2 atom stereocenters. The number of carbonyl (C=O) groups is 2. The van der Waals surface area contributed by atoms with Crippen LogP contribution in [0.3, 0.4) is 0 Å². The molecule has 0 heterocycles. The first-order valence-electron chi connectivity index (χ1n) is 10.2. The number of alkyl halides is 2. The van der Waals surface area contributed by atoms with Crippen molar-refractivity contribution in [1.82, 2.24) is 0 Å². The number of halogens is 7. The van der Waals surface area contributed by atoms with E-state index < -0.39 is 62.1 Å². The summed E-state index contributed by atoms with van der Waals surface area (Å²) in [7, 11) is 0. The van der Waals surface area contributed by atoms with E-state index in [4.69, 9.17) is 46.3 Å². The summed E-state index contributed by atoms with van der Waals surface area (Å²) in [5.74, 6) is -6.99. The van der Waals surface area contributed by atoms with Gasteiger partial charge in [-0.25, -0.2) is 17.6 Å². The van der Waals surface area contributed by atoms with Gasteiger partial charge in [0.2, 0.25) is 5.91 Å². The predicted octanol–water partition coefficient (Wildman–Crippen LogP) is 5.73. The van der Waals surface area contributed by atoms with Gasteiger partial charge in [0.05, 0.1) is 10.7 Å². The van der Waals surface area contributed by atoms with Crippen LogP contribution in [0.25, 0.3) is 0 Å². The predicted molar refractivity (Wildman–Crippen MR) is 129 cm³/mol. The lowest BCUT2D eigenvalue weighted by Crippen LogP contribution is -2.34. The standard InChI is InChI=1S/C24H16Cl3F4N3O2/c1-9-12(21(35)34-17-5-4-15(29)19(32)18(17)31)7-11(8-16(9)30)23(22(33)36)20(24(23,26)27)10-2-3-14(28)13(25)6-10/h2-8,20H,32H2,1H3,(H2,33,36)(H,34,35). The number of anilines is 2. The maximum absolute atomic E-state index is 15.0. The molecule has 1 aliphatic rings. The maximum atomic E-state index is 15.0. The van der Waals surface area contributed by atoms with Gasteiger partial charge in [-0.05, 0) is 60.0 Å². The molecule has 0 bridgehead atoms. The van der Waals surface area contributed by atoms with Crippen LogP contribution in [-0.2, 0) is 10.2 Å². The number of hydrogen-bond acceptors (Lipinski definition) is 3. The molecular weight excluding hydrogens is 545 g/mol. The molecule has 188 valence electrons. The van der Waals surface area contributed by atoms with Crippen LogP contribution in [-0.4, -0.2) is 16.1 Å². The Balaban J connectivity index is 1.82. The number of carbonyl (C=O) groups excluding carboxylic acids is 2. The van der Waals surface area contributed by atoms with E-state index in [9.17, 15) is 22.8 Å². The molecule has 36 heavy (non-hydrogen) atoms. The van der Waals surface area contributed by atoms with Crippen LogP contribution >= 0.6 is 34.8 Å². The average molecular weight is 561 g/mol. The maximum Gasteiger partial charge on any atom is 0.256 e. The molecule has 4 rings (SSSR count). The SMILES string of the molecule is Cc1c(F)cc(C2(C(N)=O)C(c3ccc(F)c(Cl)c3)C2(Cl)Cl)cc1C(=O)Nc1ccc(F)c(N)c1F. The monoisotopic (exact) mass is 559 g/mol. The van der Waals surface area contributed by atoms with Gasteiger partial charge in [0.1, 0.15) is 32.9 Å². The van der Waals surface area contributed by atoms with E-state index in [0.717, 1.165) is 30.3 Å². The van der Waals surface area contributed by atoms with E-state index in [1.807, 2.05) is 0 Å². The topological polar surface area (TPSA) is 98.2 Å². The quantitative estimate of drug-likeness (QED) is 0.211. The average Bonchev–Trinajstić information content (AvgIpc) is 3.34. The molecule has 0 spiro atoms. The van der Waals surface area contributed by atoms with E-state index in [0.29, 0.717) is 0 Å². The van der Waals surface area contributed by atoms with Crippen LogP contribution in [0.15, 0.2) is 42.5 Å². The van der Waals surface area contributed by atoms with Crippen LogP contribution in [0.2, 0.25) is 5.02 Å². The zero-order chi connectivity index (χ0) is 26.7. The molecule has 5 N–H and O–H groups in total. The van der Waals surface area contributed by atoms with Gasteiger partial charge < -0.3 is 16.8 Å².